The van der Waals surface area contributed by atoms with E-state index in [1.807, 2.05) is 12.1 Å². The molecule has 1 aliphatic rings. The fourth-order valence-electron chi connectivity index (χ4n) is 2.17. The second-order valence-electron chi connectivity index (χ2n) is 4.84. The van der Waals surface area contributed by atoms with E-state index in [0.29, 0.717) is 24.7 Å². The number of aliphatic carboxylic acids is 1. The highest BCUT2D eigenvalue weighted by Crippen LogP contribution is 2.29. The predicted octanol–water partition coefficient (Wildman–Crippen LogP) is 2.01. The van der Waals surface area contributed by atoms with Crippen molar-refractivity contribution in [3.63, 3.8) is 0 Å². The molecule has 0 aliphatic carbocycles. The molecule has 0 unspecified atom stereocenters. The molecule has 7 heteroatoms. The van der Waals surface area contributed by atoms with E-state index in [2.05, 4.69) is 6.58 Å². The van der Waals surface area contributed by atoms with Crippen LogP contribution in [0.2, 0.25) is 0 Å². The number of carboxylic acids is 1. The zero-order chi connectivity index (χ0) is 16.7. The summed E-state index contributed by atoms with van der Waals surface area (Å²) in [4.78, 5) is 24.2. The number of ether oxygens (including phenoxy) is 2. The van der Waals surface area contributed by atoms with Gasteiger partial charge in [0.2, 0.25) is 5.91 Å². The largest absolute Gasteiger partial charge is 0.487 e. The van der Waals surface area contributed by atoms with E-state index in [9.17, 15) is 9.59 Å². The first kappa shape index (κ1) is 17.2. The Balaban J connectivity index is 1.95. The van der Waals surface area contributed by atoms with E-state index in [-0.39, 0.29) is 17.9 Å². The van der Waals surface area contributed by atoms with E-state index >= 15 is 0 Å². The van der Waals surface area contributed by atoms with E-state index in [1.54, 1.807) is 34.9 Å². The number of hydrogen-bond acceptors (Lipinski definition) is 5. The van der Waals surface area contributed by atoms with Crippen molar-refractivity contribution in [2.75, 3.05) is 25.5 Å². The molecule has 0 bridgehead atoms. The second kappa shape index (κ2) is 8.47. The van der Waals surface area contributed by atoms with Crippen molar-refractivity contribution in [1.82, 2.24) is 4.90 Å². The molecule has 1 atom stereocenters. The molecule has 0 saturated carbocycles. The first-order valence-electron chi connectivity index (χ1n) is 7.20. The summed E-state index contributed by atoms with van der Waals surface area (Å²) >= 11 is 1.58. The quantitative estimate of drug-likeness (QED) is 0.578. The Labute approximate surface area is 139 Å². The summed E-state index contributed by atoms with van der Waals surface area (Å²) in [6.45, 7) is 4.81. The third-order valence-corrected chi connectivity index (χ3v) is 4.39. The molecule has 124 valence electrons. The monoisotopic (exact) mass is 337 g/mol. The molecule has 1 aromatic carbocycles. The summed E-state index contributed by atoms with van der Waals surface area (Å²) < 4.78 is 11.3. The number of carboxylic acid groups (broad SMARTS) is 1. The Morgan fingerprint density at radius 3 is 2.70 bits per heavy atom. The van der Waals surface area contributed by atoms with Gasteiger partial charge in [0.05, 0.1) is 0 Å². The summed E-state index contributed by atoms with van der Waals surface area (Å²) in [6.07, 6.45) is 1.16. The van der Waals surface area contributed by atoms with Gasteiger partial charge < -0.3 is 19.5 Å². The molecule has 0 radical (unpaired) electrons. The molecule has 1 aliphatic heterocycles. The lowest BCUT2D eigenvalue weighted by atomic mass is 10.3. The average molecular weight is 337 g/mol. The molecule has 1 amide bonds. The molecule has 6 nitrogen and oxygen atoms in total. The zero-order valence-electron chi connectivity index (χ0n) is 12.6. The molecule has 1 saturated heterocycles. The van der Waals surface area contributed by atoms with Crippen molar-refractivity contribution in [2.24, 2.45) is 0 Å². The Morgan fingerprint density at radius 2 is 2.04 bits per heavy atom. The first-order valence-corrected chi connectivity index (χ1v) is 8.25. The summed E-state index contributed by atoms with van der Waals surface area (Å²) in [6, 6.07) is 7.28. The third-order valence-electron chi connectivity index (χ3n) is 3.20. The highest BCUT2D eigenvalue weighted by molar-refractivity contribution is 8.00. The van der Waals surface area contributed by atoms with Crippen LogP contribution in [0.3, 0.4) is 0 Å². The standard InChI is InChI=1S/C16H19NO5S/c1-2-8-21-12-5-3-4-6-13(12)22-11-15-17(7-9-23-15)14(18)10-16(19)20/h2-6,15H,1,7-11H2,(H,19,20)/t15-/m1/s1. The Hall–Kier alpha value is -2.15. The van der Waals surface area contributed by atoms with Gasteiger partial charge in [0.1, 0.15) is 25.0 Å². The molecule has 1 fully saturated rings. The van der Waals surface area contributed by atoms with Crippen LogP contribution >= 0.6 is 11.8 Å². The maximum atomic E-state index is 11.9. The molecule has 1 aromatic rings. The number of thioether (sulfide) groups is 1. The fourth-order valence-corrected chi connectivity index (χ4v) is 3.32. The van der Waals surface area contributed by atoms with Gasteiger partial charge in [-0.15, -0.1) is 11.8 Å². The van der Waals surface area contributed by atoms with E-state index in [1.165, 1.54) is 0 Å². The highest BCUT2D eigenvalue weighted by atomic mass is 32.2. The van der Waals surface area contributed by atoms with Gasteiger partial charge in [0.25, 0.3) is 0 Å². The summed E-state index contributed by atoms with van der Waals surface area (Å²) in [5.74, 6) is 0.474. The van der Waals surface area contributed by atoms with Crippen molar-refractivity contribution >= 4 is 23.6 Å². The van der Waals surface area contributed by atoms with Crippen LogP contribution in [0.25, 0.3) is 0 Å². The van der Waals surface area contributed by atoms with Gasteiger partial charge in [-0.2, -0.15) is 0 Å². The number of rotatable bonds is 8. The Kier molecular flexibility index (Phi) is 6.34. The predicted molar refractivity (Wildman–Crippen MR) is 87.8 cm³/mol. The van der Waals surface area contributed by atoms with Crippen molar-refractivity contribution in [3.8, 4) is 11.5 Å². The number of hydrogen-bond donors (Lipinski definition) is 1. The van der Waals surface area contributed by atoms with E-state index in [4.69, 9.17) is 14.6 Å². The number of carbonyl (C=O) groups is 2. The maximum absolute atomic E-state index is 11.9. The van der Waals surface area contributed by atoms with E-state index < -0.39 is 12.4 Å². The summed E-state index contributed by atoms with van der Waals surface area (Å²) in [7, 11) is 0. The Morgan fingerprint density at radius 1 is 1.35 bits per heavy atom. The zero-order valence-corrected chi connectivity index (χ0v) is 13.5. The van der Waals surface area contributed by atoms with Crippen LogP contribution in [0, 0.1) is 0 Å². The van der Waals surface area contributed by atoms with Crippen LogP contribution in [0.4, 0.5) is 0 Å². The lowest BCUT2D eigenvalue weighted by Crippen LogP contribution is -2.39. The van der Waals surface area contributed by atoms with Crippen molar-refractivity contribution in [2.45, 2.75) is 11.8 Å². The van der Waals surface area contributed by atoms with Crippen LogP contribution in [0.1, 0.15) is 6.42 Å². The first-order chi connectivity index (χ1) is 11.1. The van der Waals surface area contributed by atoms with Crippen LogP contribution in [-0.2, 0) is 9.59 Å². The van der Waals surface area contributed by atoms with Gasteiger partial charge >= 0.3 is 5.97 Å². The summed E-state index contributed by atoms with van der Waals surface area (Å²) in [5.41, 5.74) is 0. The molecular weight excluding hydrogens is 318 g/mol. The van der Waals surface area contributed by atoms with Crippen LogP contribution in [-0.4, -0.2) is 52.8 Å². The van der Waals surface area contributed by atoms with Gasteiger partial charge in [0, 0.05) is 12.3 Å². The van der Waals surface area contributed by atoms with E-state index in [0.717, 1.165) is 5.75 Å². The number of benzene rings is 1. The highest BCUT2D eigenvalue weighted by Gasteiger charge is 2.31. The minimum absolute atomic E-state index is 0.186. The molecule has 0 spiro atoms. The number of para-hydroxylation sites is 2. The molecule has 0 aromatic heterocycles. The molecule has 1 heterocycles. The van der Waals surface area contributed by atoms with Gasteiger partial charge in [-0.05, 0) is 12.1 Å². The lowest BCUT2D eigenvalue weighted by Gasteiger charge is -2.23. The summed E-state index contributed by atoms with van der Waals surface area (Å²) in [5, 5.41) is 8.56. The smallest absolute Gasteiger partial charge is 0.312 e. The van der Waals surface area contributed by atoms with Gasteiger partial charge in [-0.1, -0.05) is 24.8 Å². The number of carbonyl (C=O) groups excluding carboxylic acids is 1. The van der Waals surface area contributed by atoms with Crippen LogP contribution in [0.15, 0.2) is 36.9 Å². The SMILES string of the molecule is C=CCOc1ccccc1OC[C@H]1SCCN1C(=O)CC(=O)O. The second-order valence-corrected chi connectivity index (χ2v) is 6.13. The lowest BCUT2D eigenvalue weighted by molar-refractivity contribution is -0.144. The normalized spacial score (nSPS) is 16.9. The average Bonchev–Trinajstić information content (AvgIpc) is 2.99. The molecule has 2 rings (SSSR count). The van der Waals surface area contributed by atoms with Crippen molar-refractivity contribution < 1.29 is 24.2 Å². The van der Waals surface area contributed by atoms with Crippen LogP contribution < -0.4 is 9.47 Å². The number of amides is 1. The van der Waals surface area contributed by atoms with Gasteiger partial charge in [-0.25, -0.2) is 0 Å². The third kappa shape index (κ3) is 4.92. The van der Waals surface area contributed by atoms with Crippen molar-refractivity contribution in [1.29, 1.82) is 0 Å². The minimum atomic E-state index is -1.12. The van der Waals surface area contributed by atoms with Crippen molar-refractivity contribution in [3.05, 3.63) is 36.9 Å². The topological polar surface area (TPSA) is 76.1 Å². The maximum Gasteiger partial charge on any atom is 0.312 e. The van der Waals surface area contributed by atoms with Gasteiger partial charge in [-0.3, -0.25) is 9.59 Å². The molecule has 1 N–H and O–H groups in total. The number of nitrogens with zero attached hydrogens (tertiary/aromatic N) is 1. The molecule has 23 heavy (non-hydrogen) atoms. The molecular formula is C16H19NO5S. The Bertz CT molecular complexity index is 577. The van der Waals surface area contributed by atoms with Gasteiger partial charge in [0.15, 0.2) is 11.5 Å². The fraction of sp³-hybridized carbons (Fsp3) is 0.375. The van der Waals surface area contributed by atoms with Crippen LogP contribution in [0.5, 0.6) is 11.5 Å². The minimum Gasteiger partial charge on any atom is -0.487 e.